The summed E-state index contributed by atoms with van der Waals surface area (Å²) >= 11 is 0. The molecule has 0 spiro atoms. The first-order valence-corrected chi connectivity index (χ1v) is 6.83. The summed E-state index contributed by atoms with van der Waals surface area (Å²) in [6, 6.07) is 13.6. The van der Waals surface area contributed by atoms with Crippen LogP contribution in [0.1, 0.15) is 23.6 Å². The first kappa shape index (κ1) is 14.1. The summed E-state index contributed by atoms with van der Waals surface area (Å²) in [6.07, 6.45) is 0.889. The number of carbonyl (C=O) groups excluding carboxylic acids is 1. The van der Waals surface area contributed by atoms with Crippen LogP contribution in [0.2, 0.25) is 0 Å². The first-order valence-electron chi connectivity index (χ1n) is 6.83. The lowest BCUT2D eigenvalue weighted by molar-refractivity contribution is 0.262. The highest BCUT2D eigenvalue weighted by atomic mass is 16.2. The quantitative estimate of drug-likeness (QED) is 0.844. The second-order valence-electron chi connectivity index (χ2n) is 4.91. The summed E-state index contributed by atoms with van der Waals surface area (Å²) in [4.78, 5) is 12.1. The average molecular weight is 268 g/mol. The largest absolute Gasteiger partial charge is 0.323 e. The van der Waals surface area contributed by atoms with E-state index in [0.717, 1.165) is 28.9 Å². The summed E-state index contributed by atoms with van der Waals surface area (Å²) in [5.41, 5.74) is 5.07. The summed E-state index contributed by atoms with van der Waals surface area (Å²) in [5.74, 6) is 0. The van der Waals surface area contributed by atoms with E-state index in [1.54, 1.807) is 0 Å². The van der Waals surface area contributed by atoms with Crippen molar-refractivity contribution < 1.29 is 4.79 Å². The van der Waals surface area contributed by atoms with E-state index in [-0.39, 0.29) is 6.03 Å². The third-order valence-corrected chi connectivity index (χ3v) is 3.28. The van der Waals surface area contributed by atoms with Gasteiger partial charge in [-0.3, -0.25) is 0 Å². The molecule has 0 unspecified atom stereocenters. The minimum atomic E-state index is -0.210. The molecule has 0 aliphatic carbocycles. The molecule has 0 saturated heterocycles. The zero-order chi connectivity index (χ0) is 14.5. The Morgan fingerprint density at radius 1 is 1.00 bits per heavy atom. The number of urea groups is 1. The molecule has 3 heteroatoms. The lowest BCUT2D eigenvalue weighted by Gasteiger charge is -2.12. The third kappa shape index (κ3) is 3.38. The minimum Gasteiger partial charge on any atom is -0.307 e. The molecule has 0 heterocycles. The van der Waals surface area contributed by atoms with E-state index in [2.05, 4.69) is 23.6 Å². The maximum atomic E-state index is 12.1. The Morgan fingerprint density at radius 3 is 2.40 bits per heavy atom. The van der Waals surface area contributed by atoms with Gasteiger partial charge in [0.1, 0.15) is 0 Å². The molecule has 0 fully saturated rings. The normalized spacial score (nSPS) is 10.2. The number of nitrogens with one attached hydrogen (secondary N) is 2. The van der Waals surface area contributed by atoms with E-state index in [1.807, 2.05) is 50.2 Å². The molecular formula is C17H20N2O. The molecule has 2 aromatic rings. The molecule has 0 bridgehead atoms. The zero-order valence-electron chi connectivity index (χ0n) is 12.2. The monoisotopic (exact) mass is 268 g/mol. The predicted octanol–water partition coefficient (Wildman–Crippen LogP) is 4.51. The number of carbonyl (C=O) groups is 1. The van der Waals surface area contributed by atoms with E-state index in [4.69, 9.17) is 0 Å². The number of hydrogen-bond donors (Lipinski definition) is 2. The predicted molar refractivity (Wildman–Crippen MR) is 84.4 cm³/mol. The van der Waals surface area contributed by atoms with Gasteiger partial charge in [0.25, 0.3) is 0 Å². The Morgan fingerprint density at radius 2 is 1.70 bits per heavy atom. The molecule has 0 saturated carbocycles. The van der Waals surface area contributed by atoms with E-state index in [0.29, 0.717) is 0 Å². The Kier molecular flexibility index (Phi) is 4.41. The summed E-state index contributed by atoms with van der Waals surface area (Å²) in [7, 11) is 0. The summed E-state index contributed by atoms with van der Waals surface area (Å²) in [5, 5.41) is 5.79. The van der Waals surface area contributed by atoms with Crippen LogP contribution in [-0.4, -0.2) is 6.03 Å². The van der Waals surface area contributed by atoms with Gasteiger partial charge in [0.2, 0.25) is 0 Å². The molecule has 0 radical (unpaired) electrons. The van der Waals surface area contributed by atoms with Gasteiger partial charge >= 0.3 is 6.03 Å². The van der Waals surface area contributed by atoms with Gasteiger partial charge in [-0.05, 0) is 43.5 Å². The fourth-order valence-electron chi connectivity index (χ4n) is 2.18. The van der Waals surface area contributed by atoms with Crippen LogP contribution in [0.3, 0.4) is 0 Å². The summed E-state index contributed by atoms with van der Waals surface area (Å²) in [6.45, 7) is 6.10. The zero-order valence-corrected chi connectivity index (χ0v) is 12.2. The van der Waals surface area contributed by atoms with E-state index in [1.165, 1.54) is 5.56 Å². The highest BCUT2D eigenvalue weighted by Crippen LogP contribution is 2.18. The average Bonchev–Trinajstić information content (AvgIpc) is 2.42. The second-order valence-corrected chi connectivity index (χ2v) is 4.91. The van der Waals surface area contributed by atoms with Crippen LogP contribution >= 0.6 is 0 Å². The van der Waals surface area contributed by atoms with Gasteiger partial charge in [0.05, 0.1) is 0 Å². The molecule has 0 aliphatic heterocycles. The topological polar surface area (TPSA) is 41.1 Å². The fourth-order valence-corrected chi connectivity index (χ4v) is 2.18. The van der Waals surface area contributed by atoms with Gasteiger partial charge in [-0.1, -0.05) is 42.8 Å². The van der Waals surface area contributed by atoms with Crippen molar-refractivity contribution in [2.45, 2.75) is 27.2 Å². The van der Waals surface area contributed by atoms with E-state index in [9.17, 15) is 4.79 Å². The molecule has 0 atom stereocenters. The molecule has 104 valence electrons. The molecule has 0 aliphatic rings. The van der Waals surface area contributed by atoms with Crippen LogP contribution in [0.4, 0.5) is 16.2 Å². The van der Waals surface area contributed by atoms with Crippen molar-refractivity contribution in [1.29, 1.82) is 0 Å². The number of aryl methyl sites for hydroxylation is 3. The minimum absolute atomic E-state index is 0.210. The van der Waals surface area contributed by atoms with Gasteiger partial charge in [0, 0.05) is 11.4 Å². The van der Waals surface area contributed by atoms with Gasteiger partial charge in [-0.25, -0.2) is 4.79 Å². The van der Waals surface area contributed by atoms with Crippen molar-refractivity contribution in [3.8, 4) is 0 Å². The number of amides is 2. The lowest BCUT2D eigenvalue weighted by Crippen LogP contribution is -2.20. The van der Waals surface area contributed by atoms with Crippen LogP contribution in [0.15, 0.2) is 42.5 Å². The van der Waals surface area contributed by atoms with Crippen molar-refractivity contribution in [2.24, 2.45) is 0 Å². The molecule has 2 rings (SSSR count). The van der Waals surface area contributed by atoms with Crippen molar-refractivity contribution in [3.63, 3.8) is 0 Å². The Hall–Kier alpha value is -2.29. The number of para-hydroxylation sites is 1. The standard InChI is InChI=1S/C17H20N2O/c1-4-14-7-5-6-8-16(14)19-17(20)18-15-10-9-12(2)11-13(15)3/h5-11H,4H2,1-3H3,(H2,18,19,20). The summed E-state index contributed by atoms with van der Waals surface area (Å²) < 4.78 is 0. The van der Waals surface area contributed by atoms with Gasteiger partial charge < -0.3 is 10.6 Å². The van der Waals surface area contributed by atoms with Crippen LogP contribution in [-0.2, 0) is 6.42 Å². The highest BCUT2D eigenvalue weighted by Gasteiger charge is 2.07. The lowest BCUT2D eigenvalue weighted by atomic mass is 10.1. The molecular weight excluding hydrogens is 248 g/mol. The molecule has 0 aromatic heterocycles. The maximum absolute atomic E-state index is 12.1. The van der Waals surface area contributed by atoms with Crippen molar-refractivity contribution in [2.75, 3.05) is 10.6 Å². The molecule has 2 aromatic carbocycles. The van der Waals surface area contributed by atoms with Gasteiger partial charge in [0.15, 0.2) is 0 Å². The van der Waals surface area contributed by atoms with E-state index < -0.39 is 0 Å². The fraction of sp³-hybridized carbons (Fsp3) is 0.235. The number of benzene rings is 2. The van der Waals surface area contributed by atoms with Crippen LogP contribution in [0, 0.1) is 13.8 Å². The maximum Gasteiger partial charge on any atom is 0.323 e. The molecule has 20 heavy (non-hydrogen) atoms. The second kappa shape index (κ2) is 6.24. The smallest absolute Gasteiger partial charge is 0.307 e. The molecule has 2 N–H and O–H groups in total. The highest BCUT2D eigenvalue weighted by molar-refractivity contribution is 6.00. The molecule has 2 amide bonds. The van der Waals surface area contributed by atoms with Crippen molar-refractivity contribution in [1.82, 2.24) is 0 Å². The number of anilines is 2. The molecule has 3 nitrogen and oxygen atoms in total. The Bertz CT molecular complexity index is 620. The van der Waals surface area contributed by atoms with E-state index >= 15 is 0 Å². The van der Waals surface area contributed by atoms with Crippen molar-refractivity contribution >= 4 is 17.4 Å². The number of hydrogen-bond acceptors (Lipinski definition) is 1. The van der Waals surface area contributed by atoms with Crippen LogP contribution in [0.25, 0.3) is 0 Å². The Balaban J connectivity index is 2.09. The van der Waals surface area contributed by atoms with Crippen molar-refractivity contribution in [3.05, 3.63) is 59.2 Å². The van der Waals surface area contributed by atoms with Crippen LogP contribution < -0.4 is 10.6 Å². The third-order valence-electron chi connectivity index (χ3n) is 3.28. The van der Waals surface area contributed by atoms with Gasteiger partial charge in [-0.2, -0.15) is 0 Å². The number of rotatable bonds is 3. The SMILES string of the molecule is CCc1ccccc1NC(=O)Nc1ccc(C)cc1C. The van der Waals surface area contributed by atoms with Gasteiger partial charge in [-0.15, -0.1) is 0 Å². The Labute approximate surface area is 120 Å². The van der Waals surface area contributed by atoms with Crippen LogP contribution in [0.5, 0.6) is 0 Å². The first-order chi connectivity index (χ1) is 9.60.